The lowest BCUT2D eigenvalue weighted by molar-refractivity contribution is 0.127. The first kappa shape index (κ1) is 22.0. The largest absolute Gasteiger partial charge is 0.497 e. The van der Waals surface area contributed by atoms with Gasteiger partial charge < -0.3 is 25.2 Å². The molecule has 1 aromatic carbocycles. The maximum absolute atomic E-state index is 9.32. The third-order valence-electron chi connectivity index (χ3n) is 4.38. The van der Waals surface area contributed by atoms with Crippen LogP contribution in [-0.2, 0) is 11.3 Å². The van der Waals surface area contributed by atoms with Crippen molar-refractivity contribution in [3.05, 3.63) is 29.8 Å². The van der Waals surface area contributed by atoms with Crippen molar-refractivity contribution in [1.82, 2.24) is 10.6 Å². The quantitative estimate of drug-likeness (QED) is 0.313. The summed E-state index contributed by atoms with van der Waals surface area (Å²) < 4.78 is 10.7. The van der Waals surface area contributed by atoms with E-state index in [-0.39, 0.29) is 36.0 Å². The molecule has 0 spiro atoms. The summed E-state index contributed by atoms with van der Waals surface area (Å²) in [4.78, 5) is 4.64. The summed E-state index contributed by atoms with van der Waals surface area (Å²) in [5.74, 6) is 1.64. The summed E-state index contributed by atoms with van der Waals surface area (Å²) in [7, 11) is 1.66. The second-order valence-electron chi connectivity index (χ2n) is 6.17. The van der Waals surface area contributed by atoms with Crippen LogP contribution in [0.4, 0.5) is 0 Å². The Bertz CT molecular complexity index is 517. The van der Waals surface area contributed by atoms with Gasteiger partial charge in [0.25, 0.3) is 0 Å². The van der Waals surface area contributed by atoms with E-state index >= 15 is 0 Å². The Hall–Kier alpha value is -1.06. The Morgan fingerprint density at radius 1 is 1.32 bits per heavy atom. The monoisotopic (exact) mass is 463 g/mol. The number of methoxy groups -OCH3 is 1. The van der Waals surface area contributed by atoms with Crippen LogP contribution < -0.4 is 15.4 Å². The molecule has 1 aliphatic rings. The molecule has 0 amide bonds. The molecule has 3 N–H and O–H groups in total. The van der Waals surface area contributed by atoms with Gasteiger partial charge in [0.15, 0.2) is 5.96 Å². The van der Waals surface area contributed by atoms with E-state index in [1.54, 1.807) is 7.11 Å². The molecule has 0 bridgehead atoms. The van der Waals surface area contributed by atoms with Crippen molar-refractivity contribution in [3.63, 3.8) is 0 Å². The van der Waals surface area contributed by atoms with Gasteiger partial charge in [0.05, 0.1) is 20.3 Å². The van der Waals surface area contributed by atoms with Gasteiger partial charge in [-0.05, 0) is 37.5 Å². The molecule has 0 aliphatic carbocycles. The van der Waals surface area contributed by atoms with Crippen molar-refractivity contribution in [2.24, 2.45) is 10.4 Å². The van der Waals surface area contributed by atoms with Gasteiger partial charge in [0, 0.05) is 31.7 Å². The summed E-state index contributed by atoms with van der Waals surface area (Å²) in [6.45, 7) is 5.85. The Morgan fingerprint density at radius 3 is 2.64 bits per heavy atom. The van der Waals surface area contributed by atoms with Crippen LogP contribution >= 0.6 is 24.0 Å². The molecular weight excluding hydrogens is 433 g/mol. The van der Waals surface area contributed by atoms with Gasteiger partial charge in [-0.2, -0.15) is 0 Å². The maximum Gasteiger partial charge on any atom is 0.191 e. The molecule has 1 unspecified atom stereocenters. The van der Waals surface area contributed by atoms with Crippen molar-refractivity contribution >= 4 is 29.9 Å². The highest BCUT2D eigenvalue weighted by Crippen LogP contribution is 2.31. The molecule has 142 valence electrons. The van der Waals surface area contributed by atoms with Crippen molar-refractivity contribution in [2.75, 3.05) is 40.0 Å². The molecule has 2 rings (SSSR count). The number of halogens is 1. The minimum Gasteiger partial charge on any atom is -0.497 e. The van der Waals surface area contributed by atoms with Crippen LogP contribution in [0.2, 0.25) is 0 Å². The van der Waals surface area contributed by atoms with Crippen LogP contribution in [-0.4, -0.2) is 51.1 Å². The molecule has 1 atom stereocenters. The van der Waals surface area contributed by atoms with Crippen molar-refractivity contribution in [3.8, 4) is 5.75 Å². The zero-order valence-corrected chi connectivity index (χ0v) is 17.4. The van der Waals surface area contributed by atoms with E-state index in [0.29, 0.717) is 13.2 Å². The lowest BCUT2D eigenvalue weighted by Crippen LogP contribution is -2.44. The third-order valence-corrected chi connectivity index (χ3v) is 4.38. The number of aliphatic imine (C=N–C) groups is 1. The topological polar surface area (TPSA) is 75.1 Å². The first-order valence-corrected chi connectivity index (χ1v) is 8.55. The molecule has 0 radical (unpaired) electrons. The molecule has 7 heteroatoms. The van der Waals surface area contributed by atoms with Crippen molar-refractivity contribution < 1.29 is 14.6 Å². The van der Waals surface area contributed by atoms with Gasteiger partial charge in [-0.1, -0.05) is 12.1 Å². The molecule has 25 heavy (non-hydrogen) atoms. The van der Waals surface area contributed by atoms with Gasteiger partial charge >= 0.3 is 0 Å². The first-order chi connectivity index (χ1) is 11.7. The van der Waals surface area contributed by atoms with Gasteiger partial charge in [0.2, 0.25) is 0 Å². The molecule has 1 saturated heterocycles. The van der Waals surface area contributed by atoms with E-state index < -0.39 is 0 Å². The van der Waals surface area contributed by atoms with E-state index in [1.807, 2.05) is 31.2 Å². The van der Waals surface area contributed by atoms with Crippen LogP contribution in [0.15, 0.2) is 29.3 Å². The molecule has 1 heterocycles. The van der Waals surface area contributed by atoms with Gasteiger partial charge in [-0.25, -0.2) is 4.99 Å². The molecule has 1 aromatic rings. The van der Waals surface area contributed by atoms with E-state index in [9.17, 15) is 5.11 Å². The molecular formula is C18H30IN3O3. The van der Waals surface area contributed by atoms with Crippen LogP contribution in [0.1, 0.15) is 25.3 Å². The number of nitrogens with zero attached hydrogens (tertiary/aromatic N) is 1. The standard InChI is InChI=1S/C18H29N3O3.HI/c1-3-19-17(20-12-15-4-6-16(23-2)7-5-15)21-13-18(8-10-22)9-11-24-14-18;/h4-7,22H,3,8-14H2,1-2H3,(H2,19,20,21);1H. The highest BCUT2D eigenvalue weighted by Gasteiger charge is 2.34. The zero-order chi connectivity index (χ0) is 17.3. The minimum atomic E-state index is 0. The smallest absolute Gasteiger partial charge is 0.191 e. The van der Waals surface area contributed by atoms with E-state index in [4.69, 9.17) is 9.47 Å². The second kappa shape index (κ2) is 11.5. The summed E-state index contributed by atoms with van der Waals surface area (Å²) in [6.07, 6.45) is 1.72. The number of rotatable bonds is 8. The number of guanidine groups is 1. The Morgan fingerprint density at radius 2 is 2.08 bits per heavy atom. The normalized spacial score (nSPS) is 20.0. The van der Waals surface area contributed by atoms with Gasteiger partial charge in [-0.3, -0.25) is 0 Å². The minimum absolute atomic E-state index is 0. The van der Waals surface area contributed by atoms with Crippen LogP contribution in [0.3, 0.4) is 0 Å². The van der Waals surface area contributed by atoms with E-state index in [1.165, 1.54) is 0 Å². The third kappa shape index (κ3) is 6.99. The number of aliphatic hydroxyl groups is 1. The van der Waals surface area contributed by atoms with Crippen molar-refractivity contribution in [2.45, 2.75) is 26.3 Å². The van der Waals surface area contributed by atoms with Crippen LogP contribution in [0.5, 0.6) is 5.75 Å². The summed E-state index contributed by atoms with van der Waals surface area (Å²) in [5, 5.41) is 16.0. The predicted octanol–water partition coefficient (Wildman–Crippen LogP) is 2.16. The van der Waals surface area contributed by atoms with Gasteiger partial charge in [0.1, 0.15) is 5.75 Å². The lowest BCUT2D eigenvalue weighted by atomic mass is 9.84. The summed E-state index contributed by atoms with van der Waals surface area (Å²) in [6, 6.07) is 7.92. The fraction of sp³-hybridized carbons (Fsp3) is 0.611. The molecule has 0 aromatic heterocycles. The van der Waals surface area contributed by atoms with Crippen LogP contribution in [0.25, 0.3) is 0 Å². The van der Waals surface area contributed by atoms with E-state index in [2.05, 4.69) is 15.6 Å². The maximum atomic E-state index is 9.32. The van der Waals surface area contributed by atoms with Crippen molar-refractivity contribution in [1.29, 1.82) is 0 Å². The van der Waals surface area contributed by atoms with Crippen LogP contribution in [0, 0.1) is 5.41 Å². The fourth-order valence-corrected chi connectivity index (χ4v) is 2.83. The van der Waals surface area contributed by atoms with Gasteiger partial charge in [-0.15, -0.1) is 24.0 Å². The number of ether oxygens (including phenoxy) is 2. The highest BCUT2D eigenvalue weighted by atomic mass is 127. The van der Waals surface area contributed by atoms with E-state index in [0.717, 1.165) is 49.8 Å². The molecule has 0 saturated carbocycles. The molecule has 1 fully saturated rings. The summed E-state index contributed by atoms with van der Waals surface area (Å²) in [5.41, 5.74) is 1.13. The Balaban J connectivity index is 0.00000312. The average Bonchev–Trinajstić information content (AvgIpc) is 3.07. The first-order valence-electron chi connectivity index (χ1n) is 8.55. The summed E-state index contributed by atoms with van der Waals surface area (Å²) >= 11 is 0. The highest BCUT2D eigenvalue weighted by molar-refractivity contribution is 14.0. The lowest BCUT2D eigenvalue weighted by Gasteiger charge is -2.27. The number of nitrogens with one attached hydrogen (secondary N) is 2. The molecule has 1 aliphatic heterocycles. The zero-order valence-electron chi connectivity index (χ0n) is 15.1. The number of hydrogen-bond donors (Lipinski definition) is 3. The Kier molecular flexibility index (Phi) is 10.1. The fourth-order valence-electron chi connectivity index (χ4n) is 2.83. The SMILES string of the molecule is CCNC(=NCc1ccc(OC)cc1)NCC1(CCO)CCOC1.I. The number of aliphatic hydroxyl groups excluding tert-OH is 1. The molecule has 6 nitrogen and oxygen atoms in total. The average molecular weight is 463 g/mol. The predicted molar refractivity (Wildman–Crippen MR) is 111 cm³/mol. The number of hydrogen-bond acceptors (Lipinski definition) is 4. The Labute approximate surface area is 167 Å². The number of benzene rings is 1. The second-order valence-corrected chi connectivity index (χ2v) is 6.17.